The largest absolute Gasteiger partial charge is 0.465 e. The molecule has 0 saturated heterocycles. The molecule has 1 unspecified atom stereocenters. The van der Waals surface area contributed by atoms with E-state index in [-0.39, 0.29) is 18.7 Å². The summed E-state index contributed by atoms with van der Waals surface area (Å²) in [5.74, 6) is -3.12. The SMILES string of the molecule is CCOC(=O)C1C(=O)N(Cc2cccc(N(C)S(C)(=O)=O)c2)C(=O)c2ccccc21. The third kappa shape index (κ3) is 4.06. The number of carbonyl (C=O) groups excluding carboxylic acids is 3. The number of benzene rings is 2. The van der Waals surface area contributed by atoms with E-state index in [9.17, 15) is 22.8 Å². The minimum atomic E-state index is -3.47. The predicted molar refractivity (Wildman–Crippen MR) is 110 cm³/mol. The highest BCUT2D eigenvalue weighted by atomic mass is 32.2. The summed E-state index contributed by atoms with van der Waals surface area (Å²) in [6.07, 6.45) is 1.08. The lowest BCUT2D eigenvalue weighted by Crippen LogP contribution is -2.46. The Kier molecular flexibility index (Phi) is 5.93. The number of imide groups is 1. The highest BCUT2D eigenvalue weighted by Crippen LogP contribution is 2.32. The molecule has 2 aromatic rings. The zero-order valence-electron chi connectivity index (χ0n) is 16.9. The van der Waals surface area contributed by atoms with Gasteiger partial charge in [0.25, 0.3) is 5.91 Å². The number of esters is 1. The van der Waals surface area contributed by atoms with Gasteiger partial charge in [-0.05, 0) is 36.2 Å². The van der Waals surface area contributed by atoms with Crippen molar-refractivity contribution in [3.8, 4) is 0 Å². The van der Waals surface area contributed by atoms with Crippen LogP contribution in [0.3, 0.4) is 0 Å². The molecule has 0 spiro atoms. The minimum Gasteiger partial charge on any atom is -0.465 e. The first-order chi connectivity index (χ1) is 14.1. The highest BCUT2D eigenvalue weighted by Gasteiger charge is 2.43. The summed E-state index contributed by atoms with van der Waals surface area (Å²) in [7, 11) is -2.05. The fraction of sp³-hybridized carbons (Fsp3) is 0.286. The van der Waals surface area contributed by atoms with Gasteiger partial charge in [-0.2, -0.15) is 0 Å². The fourth-order valence-corrected chi connectivity index (χ4v) is 3.80. The van der Waals surface area contributed by atoms with Gasteiger partial charge in [0.05, 0.1) is 25.1 Å². The fourth-order valence-electron chi connectivity index (χ4n) is 3.31. The first-order valence-corrected chi connectivity index (χ1v) is 11.1. The van der Waals surface area contributed by atoms with E-state index < -0.39 is 33.7 Å². The maximum absolute atomic E-state index is 13.1. The van der Waals surface area contributed by atoms with Crippen molar-refractivity contribution < 1.29 is 27.5 Å². The molecule has 0 saturated carbocycles. The molecular formula is C21H22N2O6S. The van der Waals surface area contributed by atoms with E-state index in [1.165, 1.54) is 7.05 Å². The number of ether oxygens (including phenoxy) is 1. The van der Waals surface area contributed by atoms with Crippen LogP contribution in [0, 0.1) is 0 Å². The molecule has 1 heterocycles. The van der Waals surface area contributed by atoms with Crippen LogP contribution < -0.4 is 4.31 Å². The molecule has 1 aliphatic heterocycles. The van der Waals surface area contributed by atoms with Gasteiger partial charge >= 0.3 is 5.97 Å². The van der Waals surface area contributed by atoms with Gasteiger partial charge in [-0.3, -0.25) is 23.6 Å². The van der Waals surface area contributed by atoms with E-state index in [1.807, 2.05) is 0 Å². The van der Waals surface area contributed by atoms with Crippen LogP contribution in [0.2, 0.25) is 0 Å². The quantitative estimate of drug-likeness (QED) is 0.394. The van der Waals surface area contributed by atoms with Gasteiger partial charge in [0.2, 0.25) is 15.9 Å². The lowest BCUT2D eigenvalue weighted by molar-refractivity contribution is -0.151. The van der Waals surface area contributed by atoms with E-state index in [4.69, 9.17) is 4.74 Å². The first-order valence-electron chi connectivity index (χ1n) is 9.29. The molecule has 1 aliphatic rings. The third-order valence-corrected chi connectivity index (χ3v) is 6.10. The lowest BCUT2D eigenvalue weighted by atomic mass is 9.88. The molecule has 0 N–H and O–H groups in total. The summed E-state index contributed by atoms with van der Waals surface area (Å²) in [6, 6.07) is 13.0. The lowest BCUT2D eigenvalue weighted by Gasteiger charge is -2.31. The molecule has 30 heavy (non-hydrogen) atoms. The Balaban J connectivity index is 1.98. The number of carbonyl (C=O) groups is 3. The molecule has 3 rings (SSSR count). The van der Waals surface area contributed by atoms with E-state index in [0.717, 1.165) is 15.5 Å². The summed E-state index contributed by atoms with van der Waals surface area (Å²) in [5, 5.41) is 0. The molecule has 0 fully saturated rings. The van der Waals surface area contributed by atoms with Crippen molar-refractivity contribution >= 4 is 33.5 Å². The number of hydrogen-bond donors (Lipinski definition) is 0. The number of anilines is 1. The van der Waals surface area contributed by atoms with Gasteiger partial charge in [-0.1, -0.05) is 30.3 Å². The third-order valence-electron chi connectivity index (χ3n) is 4.89. The summed E-state index contributed by atoms with van der Waals surface area (Å²) in [6.45, 7) is 1.65. The topological polar surface area (TPSA) is 101 Å². The Morgan fingerprint density at radius 1 is 1.13 bits per heavy atom. The average molecular weight is 430 g/mol. The molecule has 0 aromatic heterocycles. The molecule has 158 valence electrons. The number of hydrogen-bond acceptors (Lipinski definition) is 6. The number of rotatable bonds is 6. The summed E-state index contributed by atoms with van der Waals surface area (Å²) >= 11 is 0. The second kappa shape index (κ2) is 8.27. The Labute approximate surface area is 175 Å². The molecule has 1 atom stereocenters. The van der Waals surface area contributed by atoms with Crippen molar-refractivity contribution in [3.63, 3.8) is 0 Å². The molecule has 2 amide bonds. The van der Waals surface area contributed by atoms with Crippen LogP contribution in [0.4, 0.5) is 5.69 Å². The normalized spacial score (nSPS) is 16.2. The molecule has 9 heteroatoms. The minimum absolute atomic E-state index is 0.104. The molecule has 0 bridgehead atoms. The van der Waals surface area contributed by atoms with Crippen LogP contribution >= 0.6 is 0 Å². The van der Waals surface area contributed by atoms with Gasteiger partial charge in [0.15, 0.2) is 5.92 Å². The molecular weight excluding hydrogens is 408 g/mol. The molecule has 0 radical (unpaired) electrons. The van der Waals surface area contributed by atoms with E-state index in [0.29, 0.717) is 16.8 Å². The second-order valence-corrected chi connectivity index (χ2v) is 8.92. The van der Waals surface area contributed by atoms with E-state index >= 15 is 0 Å². The summed E-state index contributed by atoms with van der Waals surface area (Å²) in [5.41, 5.74) is 1.54. The van der Waals surface area contributed by atoms with Crippen molar-refractivity contribution in [1.29, 1.82) is 0 Å². The van der Waals surface area contributed by atoms with Crippen LogP contribution in [0.15, 0.2) is 48.5 Å². The van der Waals surface area contributed by atoms with Crippen molar-refractivity contribution in [2.24, 2.45) is 0 Å². The first kappa shape index (κ1) is 21.5. The predicted octanol–water partition coefficient (Wildman–Crippen LogP) is 1.91. The summed E-state index contributed by atoms with van der Waals surface area (Å²) < 4.78 is 29.8. The molecule has 0 aliphatic carbocycles. The van der Waals surface area contributed by atoms with Crippen LogP contribution in [0.25, 0.3) is 0 Å². The zero-order chi connectivity index (χ0) is 22.1. The maximum Gasteiger partial charge on any atom is 0.323 e. The number of sulfonamides is 1. The van der Waals surface area contributed by atoms with Crippen LogP contribution in [-0.4, -0.2) is 51.0 Å². The second-order valence-electron chi connectivity index (χ2n) is 6.90. The Morgan fingerprint density at radius 3 is 2.50 bits per heavy atom. The van der Waals surface area contributed by atoms with Gasteiger partial charge in [0.1, 0.15) is 0 Å². The Hall–Kier alpha value is -3.20. The van der Waals surface area contributed by atoms with Crippen molar-refractivity contribution in [3.05, 3.63) is 65.2 Å². The van der Waals surface area contributed by atoms with Crippen molar-refractivity contribution in [1.82, 2.24) is 4.90 Å². The van der Waals surface area contributed by atoms with Crippen molar-refractivity contribution in [2.75, 3.05) is 24.2 Å². The highest BCUT2D eigenvalue weighted by molar-refractivity contribution is 7.92. The Bertz CT molecular complexity index is 1110. The van der Waals surface area contributed by atoms with Crippen LogP contribution in [0.5, 0.6) is 0 Å². The molecule has 8 nitrogen and oxygen atoms in total. The number of fused-ring (bicyclic) bond motifs is 1. The van der Waals surface area contributed by atoms with Gasteiger partial charge in [-0.15, -0.1) is 0 Å². The molecule has 2 aromatic carbocycles. The van der Waals surface area contributed by atoms with Gasteiger partial charge < -0.3 is 4.74 Å². The monoisotopic (exact) mass is 430 g/mol. The zero-order valence-corrected chi connectivity index (χ0v) is 17.7. The smallest absolute Gasteiger partial charge is 0.323 e. The maximum atomic E-state index is 13.1. The van der Waals surface area contributed by atoms with Crippen LogP contribution in [-0.2, 0) is 30.9 Å². The number of amides is 2. The summed E-state index contributed by atoms with van der Waals surface area (Å²) in [4.78, 5) is 39.6. The standard InChI is InChI=1S/C21H22N2O6S/c1-4-29-21(26)18-16-10-5-6-11-17(16)19(24)23(20(18)25)13-14-8-7-9-15(12-14)22(2)30(3,27)28/h5-12,18H,4,13H2,1-3H3. The van der Waals surface area contributed by atoms with Gasteiger partial charge in [0, 0.05) is 12.6 Å². The Morgan fingerprint density at radius 2 is 1.83 bits per heavy atom. The van der Waals surface area contributed by atoms with E-state index in [2.05, 4.69) is 0 Å². The van der Waals surface area contributed by atoms with E-state index in [1.54, 1.807) is 55.5 Å². The van der Waals surface area contributed by atoms with Crippen LogP contribution in [0.1, 0.15) is 34.3 Å². The van der Waals surface area contributed by atoms with Gasteiger partial charge in [-0.25, -0.2) is 8.42 Å². The number of nitrogens with zero attached hydrogens (tertiary/aromatic N) is 2. The van der Waals surface area contributed by atoms with Crippen molar-refractivity contribution in [2.45, 2.75) is 19.4 Å². The average Bonchev–Trinajstić information content (AvgIpc) is 2.70.